The van der Waals surface area contributed by atoms with Gasteiger partial charge < -0.3 is 5.11 Å². The van der Waals surface area contributed by atoms with E-state index in [1.165, 1.54) is 0 Å². The van der Waals surface area contributed by atoms with Crippen molar-refractivity contribution in [3.63, 3.8) is 0 Å². The number of hydrogen-bond acceptors (Lipinski definition) is 3. The van der Waals surface area contributed by atoms with Crippen LogP contribution in [0, 0.1) is 12.8 Å². The molecule has 112 valence electrons. The summed E-state index contributed by atoms with van der Waals surface area (Å²) in [6, 6.07) is 6.66. The Morgan fingerprint density at radius 1 is 1.30 bits per heavy atom. The van der Waals surface area contributed by atoms with Gasteiger partial charge in [0.1, 0.15) is 6.54 Å². The number of benzene rings is 1. The molecular weight excluding hydrogens is 280 g/mol. The molecule has 6 nitrogen and oxygen atoms in total. The SMILES string of the molecule is Cc1ccc(N(CC(=O)O)S(=O)(=O)NCC(C)C)cc1. The summed E-state index contributed by atoms with van der Waals surface area (Å²) in [5.41, 5.74) is 1.30. The largest absolute Gasteiger partial charge is 0.480 e. The summed E-state index contributed by atoms with van der Waals surface area (Å²) in [7, 11) is -3.88. The average molecular weight is 300 g/mol. The molecule has 0 fully saturated rings. The summed E-state index contributed by atoms with van der Waals surface area (Å²) in [5, 5.41) is 8.91. The fourth-order valence-electron chi connectivity index (χ4n) is 1.50. The van der Waals surface area contributed by atoms with E-state index in [1.807, 2.05) is 20.8 Å². The average Bonchev–Trinajstić information content (AvgIpc) is 2.35. The monoisotopic (exact) mass is 300 g/mol. The molecule has 1 rings (SSSR count). The highest BCUT2D eigenvalue weighted by molar-refractivity contribution is 7.90. The summed E-state index contributed by atoms with van der Waals surface area (Å²) in [4.78, 5) is 10.9. The van der Waals surface area contributed by atoms with Gasteiger partial charge in [0.2, 0.25) is 0 Å². The van der Waals surface area contributed by atoms with Gasteiger partial charge in [-0.25, -0.2) is 4.31 Å². The molecule has 0 saturated heterocycles. The van der Waals surface area contributed by atoms with Crippen molar-refractivity contribution in [2.24, 2.45) is 5.92 Å². The molecule has 0 unspecified atom stereocenters. The van der Waals surface area contributed by atoms with Gasteiger partial charge in [0, 0.05) is 6.54 Å². The fraction of sp³-hybridized carbons (Fsp3) is 0.462. The van der Waals surface area contributed by atoms with E-state index in [1.54, 1.807) is 24.3 Å². The molecule has 0 aliphatic carbocycles. The molecule has 0 atom stereocenters. The maximum absolute atomic E-state index is 12.2. The van der Waals surface area contributed by atoms with Crippen LogP contribution in [0.3, 0.4) is 0 Å². The van der Waals surface area contributed by atoms with E-state index in [2.05, 4.69) is 4.72 Å². The molecule has 7 heteroatoms. The van der Waals surface area contributed by atoms with Crippen LogP contribution >= 0.6 is 0 Å². The Labute approximate surface area is 119 Å². The minimum Gasteiger partial charge on any atom is -0.480 e. The van der Waals surface area contributed by atoms with Crippen LogP contribution in [0.5, 0.6) is 0 Å². The van der Waals surface area contributed by atoms with E-state index in [-0.39, 0.29) is 12.5 Å². The maximum Gasteiger partial charge on any atom is 0.324 e. The summed E-state index contributed by atoms with van der Waals surface area (Å²) in [6.07, 6.45) is 0. The summed E-state index contributed by atoms with van der Waals surface area (Å²) in [6.45, 7) is 5.25. The number of aliphatic carboxylic acids is 1. The Balaban J connectivity index is 3.05. The Bertz CT molecular complexity index is 552. The third-order valence-electron chi connectivity index (χ3n) is 2.56. The fourth-order valence-corrected chi connectivity index (χ4v) is 2.88. The van der Waals surface area contributed by atoms with Gasteiger partial charge in [-0.1, -0.05) is 31.5 Å². The number of nitrogens with one attached hydrogen (secondary N) is 1. The third kappa shape index (κ3) is 4.82. The van der Waals surface area contributed by atoms with Crippen LogP contribution in [0.2, 0.25) is 0 Å². The highest BCUT2D eigenvalue weighted by Gasteiger charge is 2.24. The first-order chi connectivity index (χ1) is 9.22. The quantitative estimate of drug-likeness (QED) is 0.796. The second kappa shape index (κ2) is 6.71. The molecule has 0 amide bonds. The molecule has 20 heavy (non-hydrogen) atoms. The highest BCUT2D eigenvalue weighted by atomic mass is 32.2. The van der Waals surface area contributed by atoms with Gasteiger partial charge in [-0.2, -0.15) is 13.1 Å². The van der Waals surface area contributed by atoms with Crippen molar-refractivity contribution in [1.29, 1.82) is 0 Å². The number of nitrogens with zero attached hydrogens (tertiary/aromatic N) is 1. The number of aryl methyl sites for hydroxylation is 1. The molecule has 0 aliphatic heterocycles. The molecule has 0 aromatic heterocycles. The van der Waals surface area contributed by atoms with Crippen molar-refractivity contribution < 1.29 is 18.3 Å². The molecule has 1 aromatic carbocycles. The van der Waals surface area contributed by atoms with Crippen LogP contribution in [0.25, 0.3) is 0 Å². The molecular formula is C13H20N2O4S. The van der Waals surface area contributed by atoms with Crippen LogP contribution in [0.4, 0.5) is 5.69 Å². The minimum absolute atomic E-state index is 0.134. The maximum atomic E-state index is 12.2. The minimum atomic E-state index is -3.88. The lowest BCUT2D eigenvalue weighted by atomic mass is 10.2. The number of carbonyl (C=O) groups is 1. The Morgan fingerprint density at radius 2 is 1.85 bits per heavy atom. The number of anilines is 1. The van der Waals surface area contributed by atoms with E-state index in [4.69, 9.17) is 5.11 Å². The zero-order chi connectivity index (χ0) is 15.3. The highest BCUT2D eigenvalue weighted by Crippen LogP contribution is 2.18. The molecule has 2 N–H and O–H groups in total. The summed E-state index contributed by atoms with van der Waals surface area (Å²) in [5.74, 6) is -1.07. The number of hydrogen-bond donors (Lipinski definition) is 2. The second-order valence-corrected chi connectivity index (χ2v) is 6.66. The van der Waals surface area contributed by atoms with Gasteiger partial charge in [0.25, 0.3) is 0 Å². The van der Waals surface area contributed by atoms with E-state index in [9.17, 15) is 13.2 Å². The van der Waals surface area contributed by atoms with E-state index < -0.39 is 22.7 Å². The van der Waals surface area contributed by atoms with Gasteiger partial charge >= 0.3 is 16.2 Å². The number of carboxylic acid groups (broad SMARTS) is 1. The topological polar surface area (TPSA) is 86.7 Å². The molecule has 1 aromatic rings. The van der Waals surface area contributed by atoms with Gasteiger partial charge in [0.05, 0.1) is 5.69 Å². The number of carboxylic acids is 1. The van der Waals surface area contributed by atoms with Gasteiger partial charge in [0.15, 0.2) is 0 Å². The van der Waals surface area contributed by atoms with Crippen molar-refractivity contribution in [1.82, 2.24) is 4.72 Å². The second-order valence-electron chi connectivity index (χ2n) is 4.98. The Hall–Kier alpha value is -1.60. The lowest BCUT2D eigenvalue weighted by Crippen LogP contribution is -2.44. The van der Waals surface area contributed by atoms with Gasteiger partial charge in [-0.15, -0.1) is 0 Å². The first kappa shape index (κ1) is 16.5. The molecule has 0 radical (unpaired) electrons. The molecule has 0 aliphatic rings. The van der Waals surface area contributed by atoms with E-state index in [0.717, 1.165) is 9.87 Å². The normalized spacial score (nSPS) is 11.6. The van der Waals surface area contributed by atoms with Crippen molar-refractivity contribution in [2.75, 3.05) is 17.4 Å². The predicted molar refractivity (Wildman–Crippen MR) is 77.9 cm³/mol. The van der Waals surface area contributed by atoms with E-state index >= 15 is 0 Å². The standard InChI is InChI=1S/C13H20N2O4S/c1-10(2)8-14-20(18,19)15(9-13(16)17)12-6-4-11(3)5-7-12/h4-7,10,14H,8-9H2,1-3H3,(H,16,17). The van der Waals surface area contributed by atoms with E-state index in [0.29, 0.717) is 5.69 Å². The van der Waals surface area contributed by atoms with Gasteiger partial charge in [-0.05, 0) is 25.0 Å². The predicted octanol–water partition coefficient (Wildman–Crippen LogP) is 1.38. The van der Waals surface area contributed by atoms with Crippen molar-refractivity contribution in [3.8, 4) is 0 Å². The zero-order valence-corrected chi connectivity index (χ0v) is 12.6. The lowest BCUT2D eigenvalue weighted by molar-refractivity contribution is -0.135. The lowest BCUT2D eigenvalue weighted by Gasteiger charge is -2.23. The van der Waals surface area contributed by atoms with Crippen molar-refractivity contribution in [2.45, 2.75) is 20.8 Å². The van der Waals surface area contributed by atoms with Crippen LogP contribution in [-0.2, 0) is 15.0 Å². The third-order valence-corrected chi connectivity index (χ3v) is 4.02. The van der Waals surface area contributed by atoms with Crippen LogP contribution < -0.4 is 9.03 Å². The summed E-state index contributed by atoms with van der Waals surface area (Å²) < 4.78 is 27.7. The first-order valence-electron chi connectivity index (χ1n) is 6.28. The smallest absolute Gasteiger partial charge is 0.324 e. The van der Waals surface area contributed by atoms with Crippen LogP contribution in [-0.4, -0.2) is 32.6 Å². The van der Waals surface area contributed by atoms with Crippen LogP contribution in [0.15, 0.2) is 24.3 Å². The molecule has 0 spiro atoms. The van der Waals surface area contributed by atoms with Crippen LogP contribution in [0.1, 0.15) is 19.4 Å². The molecule has 0 bridgehead atoms. The van der Waals surface area contributed by atoms with Crippen molar-refractivity contribution >= 4 is 21.9 Å². The first-order valence-corrected chi connectivity index (χ1v) is 7.72. The summed E-state index contributed by atoms with van der Waals surface area (Å²) >= 11 is 0. The molecule has 0 saturated carbocycles. The zero-order valence-electron chi connectivity index (χ0n) is 11.8. The van der Waals surface area contributed by atoms with Crippen molar-refractivity contribution in [3.05, 3.63) is 29.8 Å². The Kier molecular flexibility index (Phi) is 5.52. The number of rotatable bonds is 7. The molecule has 0 heterocycles. The Morgan fingerprint density at radius 3 is 2.30 bits per heavy atom. The van der Waals surface area contributed by atoms with Gasteiger partial charge in [-0.3, -0.25) is 4.79 Å².